The molecule has 0 saturated carbocycles. The van der Waals surface area contributed by atoms with Gasteiger partial charge in [0.1, 0.15) is 5.75 Å². The van der Waals surface area contributed by atoms with Crippen LogP contribution in [0, 0.1) is 5.92 Å². The van der Waals surface area contributed by atoms with Crippen LogP contribution in [-0.4, -0.2) is 76.3 Å². The molecular formula is C19H25N3O4. The van der Waals surface area contributed by atoms with E-state index in [0.717, 1.165) is 0 Å². The molecule has 1 N–H and O–H groups in total. The summed E-state index contributed by atoms with van der Waals surface area (Å²) in [6.07, 6.45) is 0.272. The summed E-state index contributed by atoms with van der Waals surface area (Å²) in [7, 11) is 0. The minimum absolute atomic E-state index is 0.00356. The van der Waals surface area contributed by atoms with Crippen LogP contribution >= 0.6 is 0 Å². The Hall–Kier alpha value is -2.57. The molecular weight excluding hydrogens is 334 g/mol. The Morgan fingerprint density at radius 2 is 1.69 bits per heavy atom. The Labute approximate surface area is 153 Å². The number of piperazine rings is 1. The highest BCUT2D eigenvalue weighted by atomic mass is 16.3. The Bertz CT molecular complexity index is 710. The molecule has 2 heterocycles. The maximum Gasteiger partial charge on any atom is 0.257 e. The highest BCUT2D eigenvalue weighted by Gasteiger charge is 2.38. The van der Waals surface area contributed by atoms with Gasteiger partial charge in [-0.3, -0.25) is 14.4 Å². The molecule has 2 fully saturated rings. The first-order valence-electron chi connectivity index (χ1n) is 9.04. The molecule has 2 saturated heterocycles. The zero-order valence-electron chi connectivity index (χ0n) is 15.2. The van der Waals surface area contributed by atoms with Crippen LogP contribution in [0.4, 0.5) is 0 Å². The maximum absolute atomic E-state index is 12.7. The average molecular weight is 359 g/mol. The number of phenols is 1. The van der Waals surface area contributed by atoms with Gasteiger partial charge in [-0.15, -0.1) is 0 Å². The number of aromatic hydroxyl groups is 1. The third kappa shape index (κ3) is 3.52. The molecule has 1 aromatic carbocycles. The van der Waals surface area contributed by atoms with Crippen molar-refractivity contribution in [1.82, 2.24) is 14.7 Å². The number of carbonyl (C=O) groups excluding carboxylic acids is 3. The highest BCUT2D eigenvalue weighted by molar-refractivity contribution is 5.97. The van der Waals surface area contributed by atoms with Crippen molar-refractivity contribution < 1.29 is 19.5 Å². The van der Waals surface area contributed by atoms with Gasteiger partial charge in [0, 0.05) is 45.2 Å². The lowest BCUT2D eigenvalue weighted by molar-refractivity contribution is -0.137. The first-order chi connectivity index (χ1) is 12.4. The number of nitrogens with zero attached hydrogens (tertiary/aromatic N) is 3. The molecule has 140 valence electrons. The summed E-state index contributed by atoms with van der Waals surface area (Å²) < 4.78 is 0. The predicted molar refractivity (Wildman–Crippen MR) is 95.5 cm³/mol. The Balaban J connectivity index is 1.57. The van der Waals surface area contributed by atoms with Crippen molar-refractivity contribution in [1.29, 1.82) is 0 Å². The molecule has 3 amide bonds. The summed E-state index contributed by atoms with van der Waals surface area (Å²) in [4.78, 5) is 42.4. The molecule has 2 aliphatic heterocycles. The zero-order chi connectivity index (χ0) is 18.8. The second-order valence-corrected chi connectivity index (χ2v) is 7.18. The van der Waals surface area contributed by atoms with Crippen LogP contribution in [0.15, 0.2) is 24.3 Å². The second kappa shape index (κ2) is 7.35. The number of rotatable bonds is 3. The smallest absolute Gasteiger partial charge is 0.257 e. The molecule has 1 aromatic rings. The van der Waals surface area contributed by atoms with Crippen molar-refractivity contribution in [2.24, 2.45) is 5.92 Å². The monoisotopic (exact) mass is 359 g/mol. The lowest BCUT2D eigenvalue weighted by atomic mass is 10.1. The molecule has 0 aromatic heterocycles. The third-order valence-corrected chi connectivity index (χ3v) is 5.14. The van der Waals surface area contributed by atoms with E-state index in [1.807, 2.05) is 13.8 Å². The van der Waals surface area contributed by atoms with Crippen molar-refractivity contribution in [3.8, 4) is 5.75 Å². The molecule has 7 heteroatoms. The minimum Gasteiger partial charge on any atom is -0.507 e. The van der Waals surface area contributed by atoms with E-state index in [1.54, 1.807) is 32.9 Å². The molecule has 7 nitrogen and oxygen atoms in total. The lowest BCUT2D eigenvalue weighted by Gasteiger charge is -2.36. The number of para-hydroxylation sites is 1. The zero-order valence-corrected chi connectivity index (χ0v) is 15.2. The first-order valence-corrected chi connectivity index (χ1v) is 9.04. The molecule has 0 spiro atoms. The predicted octanol–water partition coefficient (Wildman–Crippen LogP) is 0.933. The van der Waals surface area contributed by atoms with Crippen LogP contribution < -0.4 is 0 Å². The van der Waals surface area contributed by atoms with Gasteiger partial charge in [0.25, 0.3) is 5.91 Å². The number of amides is 3. The summed E-state index contributed by atoms with van der Waals surface area (Å²) in [6, 6.07) is 6.58. The van der Waals surface area contributed by atoms with Gasteiger partial charge in [-0.05, 0) is 26.0 Å². The molecule has 0 radical (unpaired) electrons. The van der Waals surface area contributed by atoms with Crippen LogP contribution in [0.1, 0.15) is 30.6 Å². The number of hydrogen-bond acceptors (Lipinski definition) is 4. The van der Waals surface area contributed by atoms with Crippen molar-refractivity contribution in [3.05, 3.63) is 29.8 Å². The van der Waals surface area contributed by atoms with Gasteiger partial charge < -0.3 is 19.8 Å². The Morgan fingerprint density at radius 3 is 2.27 bits per heavy atom. The molecule has 0 aliphatic carbocycles. The van der Waals surface area contributed by atoms with Crippen molar-refractivity contribution in [2.45, 2.75) is 26.3 Å². The summed E-state index contributed by atoms with van der Waals surface area (Å²) in [5.41, 5.74) is 0.279. The van der Waals surface area contributed by atoms with E-state index < -0.39 is 0 Å². The Morgan fingerprint density at radius 1 is 1.08 bits per heavy atom. The van der Waals surface area contributed by atoms with Crippen LogP contribution in [0.2, 0.25) is 0 Å². The fourth-order valence-corrected chi connectivity index (χ4v) is 3.61. The number of likely N-dealkylation sites (tertiary alicyclic amines) is 1. The van der Waals surface area contributed by atoms with E-state index >= 15 is 0 Å². The molecule has 3 rings (SSSR count). The van der Waals surface area contributed by atoms with Crippen LogP contribution in [0.3, 0.4) is 0 Å². The summed E-state index contributed by atoms with van der Waals surface area (Å²) in [5.74, 6) is -0.514. The van der Waals surface area contributed by atoms with E-state index in [0.29, 0.717) is 32.7 Å². The van der Waals surface area contributed by atoms with Gasteiger partial charge >= 0.3 is 0 Å². The third-order valence-electron chi connectivity index (χ3n) is 5.14. The summed E-state index contributed by atoms with van der Waals surface area (Å²) >= 11 is 0. The summed E-state index contributed by atoms with van der Waals surface area (Å²) in [5, 5.41) is 9.84. The van der Waals surface area contributed by atoms with E-state index in [9.17, 15) is 19.5 Å². The van der Waals surface area contributed by atoms with Crippen LogP contribution in [0.25, 0.3) is 0 Å². The van der Waals surface area contributed by atoms with Crippen molar-refractivity contribution in [3.63, 3.8) is 0 Å². The second-order valence-electron chi connectivity index (χ2n) is 7.18. The number of carbonyl (C=O) groups is 3. The van der Waals surface area contributed by atoms with Crippen LogP contribution in [-0.2, 0) is 9.59 Å². The van der Waals surface area contributed by atoms with E-state index in [-0.39, 0.29) is 47.4 Å². The largest absolute Gasteiger partial charge is 0.507 e. The molecule has 2 aliphatic rings. The first kappa shape index (κ1) is 18.2. The van der Waals surface area contributed by atoms with Gasteiger partial charge in [0.15, 0.2) is 0 Å². The van der Waals surface area contributed by atoms with Gasteiger partial charge in [-0.25, -0.2) is 0 Å². The molecule has 26 heavy (non-hydrogen) atoms. The van der Waals surface area contributed by atoms with Gasteiger partial charge in [0.05, 0.1) is 11.5 Å². The SMILES string of the molecule is CC(C)N1CC(C(=O)N2CCN(C(=O)c3ccccc3O)CC2)CC1=O. The van der Waals surface area contributed by atoms with Gasteiger partial charge in [-0.2, -0.15) is 0 Å². The van der Waals surface area contributed by atoms with Gasteiger partial charge in [-0.1, -0.05) is 12.1 Å². The number of phenolic OH excluding ortho intramolecular Hbond substituents is 1. The van der Waals surface area contributed by atoms with E-state index in [1.165, 1.54) is 6.07 Å². The fraction of sp³-hybridized carbons (Fsp3) is 0.526. The van der Waals surface area contributed by atoms with Crippen molar-refractivity contribution in [2.75, 3.05) is 32.7 Å². The number of hydrogen-bond donors (Lipinski definition) is 1. The average Bonchev–Trinajstić information content (AvgIpc) is 3.03. The molecule has 0 bridgehead atoms. The fourth-order valence-electron chi connectivity index (χ4n) is 3.61. The minimum atomic E-state index is -0.287. The topological polar surface area (TPSA) is 81.2 Å². The molecule has 1 atom stereocenters. The highest BCUT2D eigenvalue weighted by Crippen LogP contribution is 2.23. The Kier molecular flexibility index (Phi) is 5.15. The van der Waals surface area contributed by atoms with E-state index in [4.69, 9.17) is 0 Å². The lowest BCUT2D eigenvalue weighted by Crippen LogP contribution is -2.52. The van der Waals surface area contributed by atoms with Gasteiger partial charge in [0.2, 0.25) is 11.8 Å². The van der Waals surface area contributed by atoms with Crippen LogP contribution in [0.5, 0.6) is 5.75 Å². The quantitative estimate of drug-likeness (QED) is 0.871. The standard InChI is InChI=1S/C19H25N3O4/c1-13(2)22-12-14(11-17(22)24)18(25)20-7-9-21(10-8-20)19(26)15-5-3-4-6-16(15)23/h3-6,13-14,23H,7-12H2,1-2H3. The normalized spacial score (nSPS) is 20.8. The van der Waals surface area contributed by atoms with Crippen molar-refractivity contribution >= 4 is 17.7 Å². The summed E-state index contributed by atoms with van der Waals surface area (Å²) in [6.45, 7) is 6.13. The van der Waals surface area contributed by atoms with E-state index in [2.05, 4.69) is 0 Å². The number of benzene rings is 1. The maximum atomic E-state index is 12.7. The molecule has 1 unspecified atom stereocenters.